The highest BCUT2D eigenvalue weighted by Gasteiger charge is 2.22. The van der Waals surface area contributed by atoms with E-state index in [1.807, 2.05) is 38.4 Å². The molecule has 6 nitrogen and oxygen atoms in total. The average molecular weight is 454 g/mol. The summed E-state index contributed by atoms with van der Waals surface area (Å²) in [5, 5.41) is 2.80. The molecule has 0 unspecified atom stereocenters. The number of rotatable bonds is 7. The number of nitrogens with one attached hydrogen (secondary N) is 1. The van der Waals surface area contributed by atoms with E-state index in [2.05, 4.69) is 26.1 Å². The minimum atomic E-state index is -3.65. The summed E-state index contributed by atoms with van der Waals surface area (Å²) in [7, 11) is 3.30. The predicted octanol–water partition coefficient (Wildman–Crippen LogP) is 3.06. The Balaban J connectivity index is 2.17. The second-order valence-electron chi connectivity index (χ2n) is 6.64. The third-order valence-electron chi connectivity index (χ3n) is 4.01. The fraction of sp³-hybridized carbons (Fsp3) is 0.316. The highest BCUT2D eigenvalue weighted by atomic mass is 79.9. The van der Waals surface area contributed by atoms with Gasteiger partial charge in [-0.25, -0.2) is 12.7 Å². The van der Waals surface area contributed by atoms with Crippen LogP contribution in [0.4, 0.5) is 5.69 Å². The fourth-order valence-electron chi connectivity index (χ4n) is 2.35. The highest BCUT2D eigenvalue weighted by Crippen LogP contribution is 2.25. The lowest BCUT2D eigenvalue weighted by Crippen LogP contribution is -2.23. The van der Waals surface area contributed by atoms with Crippen molar-refractivity contribution < 1.29 is 13.2 Å². The zero-order chi connectivity index (χ0) is 20.2. The van der Waals surface area contributed by atoms with Crippen LogP contribution < -0.4 is 5.32 Å². The van der Waals surface area contributed by atoms with Crippen LogP contribution >= 0.6 is 15.9 Å². The monoisotopic (exact) mass is 453 g/mol. The van der Waals surface area contributed by atoms with Crippen molar-refractivity contribution in [2.24, 2.45) is 0 Å². The van der Waals surface area contributed by atoms with Crippen molar-refractivity contribution in [3.05, 3.63) is 58.1 Å². The van der Waals surface area contributed by atoms with Gasteiger partial charge < -0.3 is 10.2 Å². The molecule has 0 fully saturated rings. The Morgan fingerprint density at radius 2 is 1.67 bits per heavy atom. The first kappa shape index (κ1) is 21.6. The SMILES string of the molecule is CN(C)CCc1ccc(NC(=O)c2ccc(Br)c(S(=O)(=O)N(C)C)c2)cc1. The quantitative estimate of drug-likeness (QED) is 0.699. The average Bonchev–Trinajstić information content (AvgIpc) is 2.61. The molecular weight excluding hydrogens is 430 g/mol. The van der Waals surface area contributed by atoms with Crippen molar-refractivity contribution in [3.63, 3.8) is 0 Å². The molecule has 0 aliphatic heterocycles. The van der Waals surface area contributed by atoms with Crippen LogP contribution in [0.3, 0.4) is 0 Å². The van der Waals surface area contributed by atoms with Crippen molar-refractivity contribution >= 4 is 37.5 Å². The number of sulfonamides is 1. The summed E-state index contributed by atoms with van der Waals surface area (Å²) < 4.78 is 26.3. The van der Waals surface area contributed by atoms with Crippen LogP contribution in [-0.4, -0.2) is 58.3 Å². The van der Waals surface area contributed by atoms with Gasteiger partial charge in [0.15, 0.2) is 0 Å². The van der Waals surface area contributed by atoms with Crippen molar-refractivity contribution in [2.75, 3.05) is 40.1 Å². The molecule has 1 N–H and O–H groups in total. The summed E-state index contributed by atoms with van der Waals surface area (Å²) >= 11 is 3.24. The molecule has 0 atom stereocenters. The molecule has 0 saturated carbocycles. The Hall–Kier alpha value is -1.74. The highest BCUT2D eigenvalue weighted by molar-refractivity contribution is 9.10. The molecule has 0 aliphatic rings. The van der Waals surface area contributed by atoms with E-state index in [4.69, 9.17) is 0 Å². The first-order valence-corrected chi connectivity index (χ1v) is 10.6. The molecule has 1 amide bonds. The number of likely N-dealkylation sites (N-methyl/N-ethyl adjacent to an activating group) is 1. The Morgan fingerprint density at radius 1 is 1.04 bits per heavy atom. The fourth-order valence-corrected chi connectivity index (χ4v) is 4.19. The number of nitrogens with zero attached hydrogens (tertiary/aromatic N) is 2. The molecule has 0 radical (unpaired) electrons. The predicted molar refractivity (Wildman–Crippen MR) is 112 cm³/mol. The van der Waals surface area contributed by atoms with Gasteiger partial charge in [0.05, 0.1) is 4.90 Å². The third-order valence-corrected chi connectivity index (χ3v) is 6.82. The number of hydrogen-bond donors (Lipinski definition) is 1. The number of hydrogen-bond acceptors (Lipinski definition) is 4. The molecular formula is C19H24BrN3O3S. The topological polar surface area (TPSA) is 69.7 Å². The summed E-state index contributed by atoms with van der Waals surface area (Å²) in [4.78, 5) is 14.7. The molecule has 0 aromatic heterocycles. The van der Waals surface area contributed by atoms with Gasteiger partial charge in [0.1, 0.15) is 0 Å². The van der Waals surface area contributed by atoms with E-state index in [-0.39, 0.29) is 16.4 Å². The molecule has 2 aromatic carbocycles. The Labute approximate surface area is 169 Å². The second kappa shape index (κ2) is 8.97. The number of carbonyl (C=O) groups is 1. The van der Waals surface area contributed by atoms with E-state index >= 15 is 0 Å². The van der Waals surface area contributed by atoms with Gasteiger partial charge in [0.2, 0.25) is 10.0 Å². The number of halogens is 1. The van der Waals surface area contributed by atoms with Crippen LogP contribution in [0.1, 0.15) is 15.9 Å². The summed E-state index contributed by atoms with van der Waals surface area (Å²) in [5.74, 6) is -0.362. The van der Waals surface area contributed by atoms with Crippen LogP contribution in [0.5, 0.6) is 0 Å². The first-order valence-electron chi connectivity index (χ1n) is 8.38. The maximum Gasteiger partial charge on any atom is 0.255 e. The molecule has 27 heavy (non-hydrogen) atoms. The molecule has 0 aliphatic carbocycles. The van der Waals surface area contributed by atoms with E-state index < -0.39 is 10.0 Å². The number of benzene rings is 2. The van der Waals surface area contributed by atoms with E-state index in [9.17, 15) is 13.2 Å². The molecule has 2 rings (SSSR count). The van der Waals surface area contributed by atoms with Gasteiger partial charge in [-0.1, -0.05) is 12.1 Å². The van der Waals surface area contributed by atoms with E-state index in [1.54, 1.807) is 12.1 Å². The molecule has 8 heteroatoms. The first-order chi connectivity index (χ1) is 12.6. The van der Waals surface area contributed by atoms with Gasteiger partial charge in [-0.2, -0.15) is 0 Å². The third kappa shape index (κ3) is 5.62. The normalized spacial score (nSPS) is 11.8. The minimum Gasteiger partial charge on any atom is -0.322 e. The zero-order valence-corrected chi connectivity index (χ0v) is 18.3. The molecule has 2 aromatic rings. The smallest absolute Gasteiger partial charge is 0.255 e. The minimum absolute atomic E-state index is 0.0548. The summed E-state index contributed by atoms with van der Waals surface area (Å²) in [5.41, 5.74) is 2.12. The molecule has 0 bridgehead atoms. The van der Waals surface area contributed by atoms with Crippen molar-refractivity contribution in [1.29, 1.82) is 0 Å². The number of amides is 1. The summed E-state index contributed by atoms with van der Waals surface area (Å²) in [6.45, 7) is 0.952. The Morgan fingerprint density at radius 3 is 2.22 bits per heavy atom. The molecule has 0 spiro atoms. The van der Waals surface area contributed by atoms with E-state index in [1.165, 1.54) is 25.7 Å². The number of carbonyl (C=O) groups excluding carboxylic acids is 1. The van der Waals surface area contributed by atoms with Crippen molar-refractivity contribution in [3.8, 4) is 0 Å². The van der Waals surface area contributed by atoms with Crippen LogP contribution in [0.25, 0.3) is 0 Å². The van der Waals surface area contributed by atoms with E-state index in [0.29, 0.717) is 10.2 Å². The largest absolute Gasteiger partial charge is 0.322 e. The van der Waals surface area contributed by atoms with Gasteiger partial charge in [-0.05, 0) is 72.3 Å². The van der Waals surface area contributed by atoms with Crippen LogP contribution in [0, 0.1) is 0 Å². The van der Waals surface area contributed by atoms with Crippen LogP contribution in [0.2, 0.25) is 0 Å². The standard InChI is InChI=1S/C19H24BrN3O3S/c1-22(2)12-11-14-5-8-16(9-6-14)21-19(24)15-7-10-17(20)18(13-15)27(25,26)23(3)4/h5-10,13H,11-12H2,1-4H3,(H,21,24). The van der Waals surface area contributed by atoms with Gasteiger partial charge in [0.25, 0.3) is 5.91 Å². The summed E-state index contributed by atoms with van der Waals surface area (Å²) in [6.07, 6.45) is 0.930. The van der Waals surface area contributed by atoms with Gasteiger partial charge in [-0.15, -0.1) is 0 Å². The Bertz CT molecular complexity index is 910. The Kier molecular flexibility index (Phi) is 7.16. The second-order valence-corrected chi connectivity index (χ2v) is 9.61. The number of anilines is 1. The molecule has 146 valence electrons. The lowest BCUT2D eigenvalue weighted by Gasteiger charge is -2.14. The molecule has 0 heterocycles. The lowest BCUT2D eigenvalue weighted by atomic mass is 10.1. The van der Waals surface area contributed by atoms with E-state index in [0.717, 1.165) is 17.3 Å². The van der Waals surface area contributed by atoms with Gasteiger partial charge >= 0.3 is 0 Å². The maximum atomic E-state index is 12.5. The van der Waals surface area contributed by atoms with Gasteiger partial charge in [0, 0.05) is 36.4 Å². The van der Waals surface area contributed by atoms with Crippen molar-refractivity contribution in [1.82, 2.24) is 9.21 Å². The van der Waals surface area contributed by atoms with Crippen LogP contribution in [-0.2, 0) is 16.4 Å². The van der Waals surface area contributed by atoms with Crippen molar-refractivity contribution in [2.45, 2.75) is 11.3 Å². The summed E-state index contributed by atoms with van der Waals surface area (Å²) in [6, 6.07) is 12.2. The lowest BCUT2D eigenvalue weighted by molar-refractivity contribution is 0.102. The van der Waals surface area contributed by atoms with Crippen LogP contribution in [0.15, 0.2) is 51.8 Å². The zero-order valence-electron chi connectivity index (χ0n) is 15.9. The maximum absolute atomic E-state index is 12.5. The molecule has 0 saturated heterocycles. The van der Waals surface area contributed by atoms with Gasteiger partial charge in [-0.3, -0.25) is 4.79 Å².